The summed E-state index contributed by atoms with van der Waals surface area (Å²) in [5, 5.41) is 4.11. The van der Waals surface area contributed by atoms with Gasteiger partial charge in [-0.2, -0.15) is 0 Å². The number of halogens is 2. The van der Waals surface area contributed by atoms with Gasteiger partial charge in [0.25, 0.3) is 0 Å². The zero-order valence-corrected chi connectivity index (χ0v) is 21.5. The van der Waals surface area contributed by atoms with E-state index >= 15 is 0 Å². The number of nitrogens with one attached hydrogen (secondary N) is 1. The van der Waals surface area contributed by atoms with Crippen LogP contribution in [0.5, 0.6) is 5.75 Å². The number of H-pyrrole nitrogens is 1. The first-order valence-electron chi connectivity index (χ1n) is 11.6. The summed E-state index contributed by atoms with van der Waals surface area (Å²) in [4.78, 5) is 18.3. The van der Waals surface area contributed by atoms with Crippen LogP contribution in [0.1, 0.15) is 23.2 Å². The maximum absolute atomic E-state index is 14.0. The molecule has 3 aromatic rings. The summed E-state index contributed by atoms with van der Waals surface area (Å²) in [5.41, 5.74) is 10.3. The second-order valence-electron chi connectivity index (χ2n) is 9.14. The first kappa shape index (κ1) is 25.1. The minimum atomic E-state index is -0.878. The predicted molar refractivity (Wildman–Crippen MR) is 142 cm³/mol. The van der Waals surface area contributed by atoms with E-state index in [4.69, 9.17) is 33.7 Å². The van der Waals surface area contributed by atoms with Gasteiger partial charge in [-0.05, 0) is 39.2 Å². The van der Waals surface area contributed by atoms with Crippen LogP contribution in [0.2, 0.25) is 0 Å². The summed E-state index contributed by atoms with van der Waals surface area (Å²) in [6.07, 6.45) is 5.46. The molecule has 0 saturated carbocycles. The first-order chi connectivity index (χ1) is 16.3. The summed E-state index contributed by atoms with van der Waals surface area (Å²) in [6.45, 7) is 3.12. The Morgan fingerprint density at radius 2 is 1.88 bits per heavy atom. The Kier molecular flexibility index (Phi) is 7.60. The molecule has 1 unspecified atom stereocenters. The SMILES string of the molecule is COc1cccc2c1c(=O)c1c3c(c(CCN(CCCl)CCCl)[nH]n32)C=CC1(N)CCN(C)C. The Morgan fingerprint density at radius 3 is 2.53 bits per heavy atom. The maximum atomic E-state index is 14.0. The van der Waals surface area contributed by atoms with Crippen molar-refractivity contribution in [3.8, 4) is 5.75 Å². The van der Waals surface area contributed by atoms with E-state index in [0.29, 0.717) is 34.9 Å². The zero-order chi connectivity index (χ0) is 24.5. The average molecular weight is 506 g/mol. The quantitative estimate of drug-likeness (QED) is 0.391. The molecule has 184 valence electrons. The number of rotatable bonds is 11. The number of aromatic amines is 1. The molecule has 9 heteroatoms. The summed E-state index contributed by atoms with van der Waals surface area (Å²) in [7, 11) is 5.61. The molecule has 3 N–H and O–H groups in total. The molecule has 1 aromatic carbocycles. The number of methoxy groups -OCH3 is 1. The van der Waals surface area contributed by atoms with Gasteiger partial charge in [0.05, 0.1) is 34.6 Å². The molecule has 1 aliphatic carbocycles. The maximum Gasteiger partial charge on any atom is 0.199 e. The van der Waals surface area contributed by atoms with Gasteiger partial charge in [0.1, 0.15) is 5.75 Å². The number of alkyl halides is 2. The lowest BCUT2D eigenvalue weighted by atomic mass is 9.81. The normalized spacial score (nSPS) is 17.5. The molecule has 0 bridgehead atoms. The Balaban J connectivity index is 1.92. The highest BCUT2D eigenvalue weighted by molar-refractivity contribution is 6.18. The Hall–Kier alpha value is -2.03. The van der Waals surface area contributed by atoms with Crippen LogP contribution in [0.25, 0.3) is 22.5 Å². The van der Waals surface area contributed by atoms with E-state index in [9.17, 15) is 4.79 Å². The fourth-order valence-corrected chi connectivity index (χ4v) is 5.34. The van der Waals surface area contributed by atoms with Gasteiger partial charge in [-0.1, -0.05) is 18.2 Å². The van der Waals surface area contributed by atoms with Crippen LogP contribution in [0.3, 0.4) is 0 Å². The van der Waals surface area contributed by atoms with E-state index in [-0.39, 0.29) is 5.43 Å². The molecule has 7 nitrogen and oxygen atoms in total. The molecule has 34 heavy (non-hydrogen) atoms. The molecule has 0 amide bonds. The fraction of sp³-hybridized carbons (Fsp3) is 0.480. The summed E-state index contributed by atoms with van der Waals surface area (Å²) >= 11 is 12.0. The Morgan fingerprint density at radius 1 is 1.15 bits per heavy atom. The molecular weight excluding hydrogens is 473 g/mol. The van der Waals surface area contributed by atoms with Gasteiger partial charge in [0.2, 0.25) is 0 Å². The molecule has 1 atom stereocenters. The van der Waals surface area contributed by atoms with Crippen molar-refractivity contribution in [2.24, 2.45) is 5.73 Å². The molecule has 0 radical (unpaired) electrons. The summed E-state index contributed by atoms with van der Waals surface area (Å²) in [6, 6.07) is 5.66. The molecule has 0 fully saturated rings. The second kappa shape index (κ2) is 10.3. The largest absolute Gasteiger partial charge is 0.496 e. The lowest BCUT2D eigenvalue weighted by Crippen LogP contribution is -2.43. The highest BCUT2D eigenvalue weighted by Crippen LogP contribution is 2.38. The first-order valence-corrected chi connectivity index (χ1v) is 12.7. The standard InChI is InChI=1S/C25H33Cl2N5O2/c1-30(2)14-10-25(28)9-7-17-18(8-13-31(15-11-26)16-12-27)29-32-19-5-4-6-20(34-3)21(19)24(33)22(25)23(17)32/h4-7,9,29H,8,10-16,28H2,1-3H3. The van der Waals surface area contributed by atoms with Gasteiger partial charge in [-0.15, -0.1) is 23.2 Å². The number of hydrogen-bond donors (Lipinski definition) is 2. The molecule has 2 aromatic heterocycles. The monoisotopic (exact) mass is 505 g/mol. The minimum absolute atomic E-state index is 0.0734. The van der Waals surface area contributed by atoms with Crippen molar-refractivity contribution in [3.05, 3.63) is 51.3 Å². The predicted octanol–water partition coefficient (Wildman–Crippen LogP) is 3.24. The van der Waals surface area contributed by atoms with E-state index in [1.54, 1.807) is 7.11 Å². The third-order valence-corrected chi connectivity index (χ3v) is 7.01. The van der Waals surface area contributed by atoms with Crippen molar-refractivity contribution in [1.82, 2.24) is 19.4 Å². The summed E-state index contributed by atoms with van der Waals surface area (Å²) in [5.74, 6) is 1.66. The number of pyridine rings is 1. The number of hydrogen-bond acceptors (Lipinski definition) is 5. The second-order valence-corrected chi connectivity index (χ2v) is 9.90. The van der Waals surface area contributed by atoms with Gasteiger partial charge in [0.15, 0.2) is 5.43 Å². The zero-order valence-electron chi connectivity index (χ0n) is 20.0. The molecule has 0 saturated heterocycles. The van der Waals surface area contributed by atoms with E-state index in [1.807, 2.05) is 42.9 Å². The number of aromatic nitrogens is 2. The fourth-order valence-electron chi connectivity index (χ4n) is 4.86. The van der Waals surface area contributed by atoms with Crippen molar-refractivity contribution in [3.63, 3.8) is 0 Å². The summed E-state index contributed by atoms with van der Waals surface area (Å²) < 4.78 is 7.59. The lowest BCUT2D eigenvalue weighted by molar-refractivity contribution is 0.310. The van der Waals surface area contributed by atoms with Crippen molar-refractivity contribution in [1.29, 1.82) is 0 Å². The Bertz CT molecular complexity index is 1260. The van der Waals surface area contributed by atoms with Gasteiger partial charge in [-0.3, -0.25) is 14.4 Å². The number of nitrogens with zero attached hydrogens (tertiary/aromatic N) is 3. The van der Waals surface area contributed by atoms with Crippen molar-refractivity contribution >= 4 is 45.7 Å². The van der Waals surface area contributed by atoms with Crippen LogP contribution in [0.4, 0.5) is 0 Å². The van der Waals surface area contributed by atoms with E-state index in [1.165, 1.54) is 0 Å². The molecule has 4 rings (SSSR count). The van der Waals surface area contributed by atoms with Crippen molar-refractivity contribution < 1.29 is 4.74 Å². The van der Waals surface area contributed by atoms with Gasteiger partial charge < -0.3 is 20.3 Å². The van der Waals surface area contributed by atoms with E-state index in [0.717, 1.165) is 54.9 Å². The minimum Gasteiger partial charge on any atom is -0.496 e. The van der Waals surface area contributed by atoms with Gasteiger partial charge in [-0.25, -0.2) is 0 Å². The molecular formula is C25H33Cl2N5O2. The van der Waals surface area contributed by atoms with Crippen LogP contribution in [0, 0.1) is 0 Å². The highest BCUT2D eigenvalue weighted by Gasteiger charge is 2.36. The van der Waals surface area contributed by atoms with Crippen LogP contribution < -0.4 is 15.9 Å². The third kappa shape index (κ3) is 4.48. The van der Waals surface area contributed by atoms with Crippen LogP contribution in [-0.2, 0) is 12.0 Å². The molecule has 1 aliphatic rings. The van der Waals surface area contributed by atoms with Gasteiger partial charge in [0, 0.05) is 49.1 Å². The third-order valence-electron chi connectivity index (χ3n) is 6.67. The molecule has 2 heterocycles. The smallest absolute Gasteiger partial charge is 0.199 e. The molecule has 0 spiro atoms. The number of ether oxygens (including phenoxy) is 1. The van der Waals surface area contributed by atoms with Crippen LogP contribution >= 0.6 is 23.2 Å². The average Bonchev–Trinajstić information content (AvgIpc) is 3.19. The highest BCUT2D eigenvalue weighted by atomic mass is 35.5. The van der Waals surface area contributed by atoms with Crippen LogP contribution in [0.15, 0.2) is 29.1 Å². The Labute approximate surface area is 210 Å². The van der Waals surface area contributed by atoms with Crippen LogP contribution in [-0.4, -0.2) is 78.6 Å². The van der Waals surface area contributed by atoms with E-state index < -0.39 is 5.54 Å². The topological polar surface area (TPSA) is 79.0 Å². The number of fused-ring (bicyclic) bond motifs is 2. The molecule has 0 aliphatic heterocycles. The lowest BCUT2D eigenvalue weighted by Gasteiger charge is -2.31. The van der Waals surface area contributed by atoms with E-state index in [2.05, 4.69) is 21.0 Å². The van der Waals surface area contributed by atoms with Crippen molar-refractivity contribution in [2.75, 3.05) is 59.1 Å². The van der Waals surface area contributed by atoms with Crippen molar-refractivity contribution in [2.45, 2.75) is 18.4 Å². The van der Waals surface area contributed by atoms with Gasteiger partial charge >= 0.3 is 0 Å². The number of benzene rings is 1. The number of nitrogens with two attached hydrogens (primary N) is 1.